The second kappa shape index (κ2) is 7.25. The van der Waals surface area contributed by atoms with Crippen LogP contribution >= 0.6 is 0 Å². The molecule has 1 aromatic rings. The zero-order chi connectivity index (χ0) is 21.8. The molecule has 162 valence electrons. The predicted molar refractivity (Wildman–Crippen MR) is 108 cm³/mol. The van der Waals surface area contributed by atoms with Crippen LogP contribution in [0, 0.1) is 19.8 Å². The summed E-state index contributed by atoms with van der Waals surface area (Å²) in [6, 6.07) is -0.254. The molecule has 0 aromatic carbocycles. The van der Waals surface area contributed by atoms with Crippen LogP contribution in [0.15, 0.2) is 0 Å². The third kappa shape index (κ3) is 2.96. The molecule has 2 aliphatic carbocycles. The molecule has 2 atom stereocenters. The lowest BCUT2D eigenvalue weighted by Gasteiger charge is -2.36. The number of aromatic nitrogens is 1. The van der Waals surface area contributed by atoms with Gasteiger partial charge in [0.2, 0.25) is 0 Å². The Bertz CT molecular complexity index is 945. The highest BCUT2D eigenvalue weighted by Crippen LogP contribution is 2.41. The number of rotatable bonds is 5. The molecule has 3 fully saturated rings. The van der Waals surface area contributed by atoms with Crippen molar-refractivity contribution in [3.05, 3.63) is 22.5 Å². The standard InChI is InChI=1S/C22H29N3O5/c1-12-7-5-6-10-22(12)20(28)24(21(29)23-22)11-16(26)17-13(2)25(15-8-9-15)14(3)18(17)19(27)30-4/h12,15H,5-11H2,1-4H3,(H,23,29)/t12-,22-/m1/s1. The van der Waals surface area contributed by atoms with Crippen LogP contribution in [0.25, 0.3) is 0 Å². The number of carbonyl (C=O) groups excluding carboxylic acids is 4. The van der Waals surface area contributed by atoms with Gasteiger partial charge in [0.25, 0.3) is 5.91 Å². The first kappa shape index (κ1) is 20.6. The molecule has 1 saturated heterocycles. The first-order valence-electron chi connectivity index (χ1n) is 10.7. The molecular formula is C22H29N3O5. The topological polar surface area (TPSA) is 97.7 Å². The van der Waals surface area contributed by atoms with Gasteiger partial charge in [-0.2, -0.15) is 0 Å². The molecule has 1 N–H and O–H groups in total. The fraction of sp³-hybridized carbons (Fsp3) is 0.636. The molecule has 0 bridgehead atoms. The highest BCUT2D eigenvalue weighted by atomic mass is 16.5. The zero-order valence-electron chi connectivity index (χ0n) is 18.0. The van der Waals surface area contributed by atoms with E-state index in [1.54, 1.807) is 6.92 Å². The molecule has 0 unspecified atom stereocenters. The Morgan fingerprint density at radius 1 is 1.10 bits per heavy atom. The monoisotopic (exact) mass is 415 g/mol. The molecule has 1 spiro atoms. The summed E-state index contributed by atoms with van der Waals surface area (Å²) in [5.41, 5.74) is 0.961. The van der Waals surface area contributed by atoms with Crippen LogP contribution in [0.1, 0.15) is 83.6 Å². The van der Waals surface area contributed by atoms with Crippen molar-refractivity contribution in [3.63, 3.8) is 0 Å². The minimum Gasteiger partial charge on any atom is -0.465 e. The smallest absolute Gasteiger partial charge is 0.340 e. The lowest BCUT2D eigenvalue weighted by molar-refractivity contribution is -0.133. The Morgan fingerprint density at radius 2 is 1.77 bits per heavy atom. The van der Waals surface area contributed by atoms with E-state index in [4.69, 9.17) is 4.74 Å². The molecule has 8 nitrogen and oxygen atoms in total. The van der Waals surface area contributed by atoms with Crippen LogP contribution in [-0.4, -0.2) is 52.4 Å². The summed E-state index contributed by atoms with van der Waals surface area (Å²) in [6.07, 6.45) is 5.35. The maximum Gasteiger partial charge on any atom is 0.340 e. The minimum atomic E-state index is -0.911. The Kier molecular flexibility index (Phi) is 4.98. The van der Waals surface area contributed by atoms with E-state index in [1.165, 1.54) is 7.11 Å². The second-order valence-electron chi connectivity index (χ2n) is 8.88. The first-order chi connectivity index (χ1) is 14.2. The average Bonchev–Trinajstić information content (AvgIpc) is 3.47. The van der Waals surface area contributed by atoms with Gasteiger partial charge in [0, 0.05) is 17.4 Å². The van der Waals surface area contributed by atoms with Gasteiger partial charge in [-0.15, -0.1) is 0 Å². The predicted octanol–water partition coefficient (Wildman–Crippen LogP) is 2.91. The van der Waals surface area contributed by atoms with E-state index in [2.05, 4.69) is 5.32 Å². The number of ketones is 1. The summed E-state index contributed by atoms with van der Waals surface area (Å²) in [6.45, 7) is 5.21. The van der Waals surface area contributed by atoms with E-state index in [-0.39, 0.29) is 35.5 Å². The Labute approximate surface area is 175 Å². The van der Waals surface area contributed by atoms with E-state index in [1.807, 2.05) is 18.4 Å². The summed E-state index contributed by atoms with van der Waals surface area (Å²) < 4.78 is 6.94. The van der Waals surface area contributed by atoms with Gasteiger partial charge in [0.1, 0.15) is 5.54 Å². The molecule has 0 radical (unpaired) electrons. The van der Waals surface area contributed by atoms with Crippen molar-refractivity contribution in [1.82, 2.24) is 14.8 Å². The number of methoxy groups -OCH3 is 1. The summed E-state index contributed by atoms with van der Waals surface area (Å²) in [7, 11) is 1.28. The lowest BCUT2D eigenvalue weighted by Crippen LogP contribution is -2.54. The van der Waals surface area contributed by atoms with Crippen LogP contribution in [0.4, 0.5) is 4.79 Å². The van der Waals surface area contributed by atoms with E-state index in [9.17, 15) is 19.2 Å². The van der Waals surface area contributed by atoms with Crippen molar-refractivity contribution >= 4 is 23.7 Å². The van der Waals surface area contributed by atoms with Crippen LogP contribution in [0.3, 0.4) is 0 Å². The van der Waals surface area contributed by atoms with Gasteiger partial charge in [-0.1, -0.05) is 19.8 Å². The maximum atomic E-state index is 13.3. The maximum absolute atomic E-state index is 13.3. The van der Waals surface area contributed by atoms with Gasteiger partial charge in [0.05, 0.1) is 24.8 Å². The van der Waals surface area contributed by atoms with Crippen LogP contribution in [0.5, 0.6) is 0 Å². The number of imide groups is 1. The minimum absolute atomic E-state index is 0.0216. The number of hydrogen-bond acceptors (Lipinski definition) is 5. The molecule has 3 aliphatic rings. The number of urea groups is 1. The molecule has 4 rings (SSSR count). The number of hydrogen-bond donors (Lipinski definition) is 1. The number of ether oxygens (including phenoxy) is 1. The third-order valence-corrected chi connectivity index (χ3v) is 7.08. The highest BCUT2D eigenvalue weighted by Gasteiger charge is 2.55. The summed E-state index contributed by atoms with van der Waals surface area (Å²) in [5.74, 6) is -1.30. The summed E-state index contributed by atoms with van der Waals surface area (Å²) in [5, 5.41) is 2.87. The quantitative estimate of drug-likeness (QED) is 0.453. The van der Waals surface area contributed by atoms with Crippen molar-refractivity contribution in [2.75, 3.05) is 13.7 Å². The SMILES string of the molecule is COC(=O)c1c(C(=O)CN2C(=O)N[C@@]3(CCCC[C@H]3C)C2=O)c(C)n(C2CC2)c1C. The van der Waals surface area contributed by atoms with E-state index < -0.39 is 23.3 Å². The van der Waals surface area contributed by atoms with Crippen molar-refractivity contribution in [2.24, 2.45) is 5.92 Å². The van der Waals surface area contributed by atoms with Crippen molar-refractivity contribution in [3.8, 4) is 0 Å². The number of Topliss-reactive ketones (excluding diaryl/α,β-unsaturated/α-hetero) is 1. The average molecular weight is 415 g/mol. The number of nitrogens with zero attached hydrogens (tertiary/aromatic N) is 2. The van der Waals surface area contributed by atoms with Gasteiger partial charge >= 0.3 is 12.0 Å². The van der Waals surface area contributed by atoms with Crippen molar-refractivity contribution < 1.29 is 23.9 Å². The van der Waals surface area contributed by atoms with E-state index in [0.29, 0.717) is 17.8 Å². The van der Waals surface area contributed by atoms with Crippen LogP contribution in [-0.2, 0) is 9.53 Å². The Morgan fingerprint density at radius 3 is 2.37 bits per heavy atom. The Hall–Kier alpha value is -2.64. The first-order valence-corrected chi connectivity index (χ1v) is 10.7. The highest BCUT2D eigenvalue weighted by molar-refractivity contribution is 6.14. The molecule has 3 amide bonds. The van der Waals surface area contributed by atoms with Crippen LogP contribution in [0.2, 0.25) is 0 Å². The molecular weight excluding hydrogens is 386 g/mol. The number of amides is 3. The van der Waals surface area contributed by atoms with Crippen LogP contribution < -0.4 is 5.32 Å². The molecule has 2 saturated carbocycles. The van der Waals surface area contributed by atoms with Gasteiger partial charge < -0.3 is 14.6 Å². The van der Waals surface area contributed by atoms with Crippen molar-refractivity contribution in [2.45, 2.75) is 70.9 Å². The fourth-order valence-corrected chi connectivity index (χ4v) is 5.29. The fourth-order valence-electron chi connectivity index (χ4n) is 5.29. The molecule has 8 heteroatoms. The summed E-state index contributed by atoms with van der Waals surface area (Å²) in [4.78, 5) is 52.7. The van der Waals surface area contributed by atoms with Gasteiger partial charge in [-0.25, -0.2) is 9.59 Å². The van der Waals surface area contributed by atoms with Crippen molar-refractivity contribution in [1.29, 1.82) is 0 Å². The van der Waals surface area contributed by atoms with E-state index >= 15 is 0 Å². The van der Waals surface area contributed by atoms with Gasteiger partial charge in [0.15, 0.2) is 5.78 Å². The van der Waals surface area contributed by atoms with Gasteiger partial charge in [-0.3, -0.25) is 14.5 Å². The molecule has 1 aliphatic heterocycles. The Balaban J connectivity index is 1.66. The normalized spacial score (nSPS) is 26.3. The number of carbonyl (C=O) groups is 4. The molecule has 30 heavy (non-hydrogen) atoms. The lowest BCUT2D eigenvalue weighted by atomic mass is 9.73. The molecule has 1 aromatic heterocycles. The summed E-state index contributed by atoms with van der Waals surface area (Å²) >= 11 is 0. The number of esters is 1. The molecule has 2 heterocycles. The second-order valence-corrected chi connectivity index (χ2v) is 8.88. The van der Waals surface area contributed by atoms with Gasteiger partial charge in [-0.05, 0) is 45.4 Å². The third-order valence-electron chi connectivity index (χ3n) is 7.08. The number of nitrogens with one attached hydrogen (secondary N) is 1. The van der Waals surface area contributed by atoms with E-state index in [0.717, 1.165) is 37.0 Å². The zero-order valence-corrected chi connectivity index (χ0v) is 18.0. The largest absolute Gasteiger partial charge is 0.465 e.